The van der Waals surface area contributed by atoms with E-state index in [-0.39, 0.29) is 36.2 Å². The van der Waals surface area contributed by atoms with Crippen molar-refractivity contribution in [3.8, 4) is 0 Å². The van der Waals surface area contributed by atoms with Gasteiger partial charge in [-0.1, -0.05) is 18.0 Å². The van der Waals surface area contributed by atoms with E-state index in [0.29, 0.717) is 31.1 Å². The van der Waals surface area contributed by atoms with Gasteiger partial charge in [0.2, 0.25) is 0 Å². The van der Waals surface area contributed by atoms with E-state index in [9.17, 15) is 14.0 Å². The Bertz CT molecular complexity index is 851. The molecule has 9 nitrogen and oxygen atoms in total. The summed E-state index contributed by atoms with van der Waals surface area (Å²) in [6.07, 6.45) is 4.28. The molecule has 2 fully saturated rings. The second kappa shape index (κ2) is 15.3. The average Bonchev–Trinajstić information content (AvgIpc) is 3.14. The molecule has 37 heavy (non-hydrogen) atoms. The maximum absolute atomic E-state index is 14.1. The molecule has 2 aliphatic rings. The number of nitrogens with zero attached hydrogens (tertiary/aromatic N) is 1. The highest BCUT2D eigenvalue weighted by atomic mass is 35.5. The molecule has 0 aliphatic carbocycles. The van der Waals surface area contributed by atoms with Crippen LogP contribution in [0, 0.1) is 17.7 Å². The molecule has 2 aliphatic heterocycles. The van der Waals surface area contributed by atoms with Crippen LogP contribution in [0.25, 0.3) is 0 Å². The zero-order chi connectivity index (χ0) is 26.6. The number of nitrogens with one attached hydrogen (secondary N) is 3. The van der Waals surface area contributed by atoms with Crippen molar-refractivity contribution < 1.29 is 28.6 Å². The summed E-state index contributed by atoms with van der Waals surface area (Å²) in [6, 6.07) is 4.30. The summed E-state index contributed by atoms with van der Waals surface area (Å²) >= 11 is 6.10. The fourth-order valence-corrected chi connectivity index (χ4v) is 5.44. The lowest BCUT2D eigenvalue weighted by molar-refractivity contribution is -0.00851. The van der Waals surface area contributed by atoms with Crippen LogP contribution in [0.2, 0.25) is 5.02 Å². The molecule has 1 aromatic carbocycles. The van der Waals surface area contributed by atoms with E-state index in [1.54, 1.807) is 11.0 Å². The molecule has 4 atom stereocenters. The minimum Gasteiger partial charge on any atom is -0.465 e. The molecular weight excluding hydrogens is 503 g/mol. The number of carbonyl (C=O) groups excluding carboxylic acids is 1. The van der Waals surface area contributed by atoms with Gasteiger partial charge in [-0.3, -0.25) is 0 Å². The summed E-state index contributed by atoms with van der Waals surface area (Å²) in [5.41, 5.74) is 0.577. The van der Waals surface area contributed by atoms with Gasteiger partial charge in [-0.05, 0) is 68.8 Å². The molecule has 0 saturated carbocycles. The first kappa shape index (κ1) is 29.4. The molecule has 0 aromatic heterocycles. The lowest BCUT2D eigenvalue weighted by Crippen LogP contribution is -2.50. The zero-order valence-electron chi connectivity index (χ0n) is 21.5. The Morgan fingerprint density at radius 1 is 1.24 bits per heavy atom. The number of carboxylic acid groups (broad SMARTS) is 1. The van der Waals surface area contributed by atoms with Gasteiger partial charge >= 0.3 is 12.1 Å². The second-order valence-corrected chi connectivity index (χ2v) is 10.4. The summed E-state index contributed by atoms with van der Waals surface area (Å²) in [4.78, 5) is 25.6. The molecule has 11 heteroatoms. The van der Waals surface area contributed by atoms with Gasteiger partial charge in [0.1, 0.15) is 5.82 Å². The SMILES string of the molecule is CNC(CNC(=O)N1CCCC(C(OCCNC(=O)O)c2cc(F)cc(Cl)c2)C1)CC1CCCCOC1. The van der Waals surface area contributed by atoms with Crippen LogP contribution in [0.15, 0.2) is 18.2 Å². The van der Waals surface area contributed by atoms with Crippen LogP contribution in [-0.2, 0) is 9.47 Å². The van der Waals surface area contributed by atoms with Crippen molar-refractivity contribution in [3.63, 3.8) is 0 Å². The maximum Gasteiger partial charge on any atom is 0.404 e. The van der Waals surface area contributed by atoms with Crippen LogP contribution in [0.5, 0.6) is 0 Å². The first-order chi connectivity index (χ1) is 17.9. The van der Waals surface area contributed by atoms with Crippen molar-refractivity contribution in [3.05, 3.63) is 34.6 Å². The van der Waals surface area contributed by atoms with Crippen molar-refractivity contribution in [2.75, 3.05) is 53.0 Å². The number of amides is 3. The molecular formula is C26H40ClFN4O5. The maximum atomic E-state index is 14.1. The third kappa shape index (κ3) is 9.92. The van der Waals surface area contributed by atoms with Gasteiger partial charge in [0.05, 0.1) is 12.7 Å². The van der Waals surface area contributed by atoms with Crippen LogP contribution in [-0.4, -0.2) is 81.2 Å². The van der Waals surface area contributed by atoms with Gasteiger partial charge < -0.3 is 35.4 Å². The van der Waals surface area contributed by atoms with Crippen molar-refractivity contribution in [1.82, 2.24) is 20.9 Å². The van der Waals surface area contributed by atoms with Crippen molar-refractivity contribution >= 4 is 23.7 Å². The summed E-state index contributed by atoms with van der Waals surface area (Å²) in [6.45, 7) is 3.40. The van der Waals surface area contributed by atoms with Crippen LogP contribution < -0.4 is 16.0 Å². The second-order valence-electron chi connectivity index (χ2n) is 9.92. The standard InChI is InChI=1S/C26H40ClFN4O5/c1-29-23(11-18-5-2-3-9-36-17-18)15-31-25(33)32-8-4-6-19(16-32)24(37-10-7-30-26(34)35)20-12-21(27)14-22(28)13-20/h12-14,18-19,23-24,29-30H,2-11,15-17H2,1H3,(H,31,33)(H,34,35). The lowest BCUT2D eigenvalue weighted by atomic mass is 9.88. The molecule has 4 unspecified atom stereocenters. The Morgan fingerprint density at radius 3 is 2.84 bits per heavy atom. The highest BCUT2D eigenvalue weighted by Crippen LogP contribution is 2.34. The van der Waals surface area contributed by atoms with Crippen LogP contribution in [0.4, 0.5) is 14.0 Å². The molecule has 2 heterocycles. The topological polar surface area (TPSA) is 112 Å². The molecule has 3 rings (SSSR count). The first-order valence-electron chi connectivity index (χ1n) is 13.2. The number of ether oxygens (including phenoxy) is 2. The summed E-state index contributed by atoms with van der Waals surface area (Å²) in [7, 11) is 1.91. The summed E-state index contributed by atoms with van der Waals surface area (Å²) < 4.78 is 25.9. The number of benzene rings is 1. The number of hydrogen-bond acceptors (Lipinski definition) is 5. The Hall–Kier alpha value is -2.14. The molecule has 0 radical (unpaired) electrons. The predicted octanol–water partition coefficient (Wildman–Crippen LogP) is 4.02. The highest BCUT2D eigenvalue weighted by molar-refractivity contribution is 6.30. The first-order valence-corrected chi connectivity index (χ1v) is 13.6. The van der Waals surface area contributed by atoms with Crippen molar-refractivity contribution in [2.45, 2.75) is 50.7 Å². The molecule has 2 saturated heterocycles. The van der Waals surface area contributed by atoms with E-state index >= 15 is 0 Å². The van der Waals surface area contributed by atoms with Gasteiger partial charge in [-0.15, -0.1) is 0 Å². The fourth-order valence-electron chi connectivity index (χ4n) is 5.21. The number of rotatable bonds is 11. The summed E-state index contributed by atoms with van der Waals surface area (Å²) in [5, 5.41) is 17.8. The van der Waals surface area contributed by atoms with E-state index < -0.39 is 18.0 Å². The zero-order valence-corrected chi connectivity index (χ0v) is 22.3. The number of carbonyl (C=O) groups is 2. The van der Waals surface area contributed by atoms with Gasteiger partial charge in [-0.2, -0.15) is 0 Å². The Kier molecular flexibility index (Phi) is 12.2. The Balaban J connectivity index is 1.59. The minimum absolute atomic E-state index is 0.0922. The Morgan fingerprint density at radius 2 is 2.08 bits per heavy atom. The van der Waals surface area contributed by atoms with E-state index in [1.165, 1.54) is 18.6 Å². The number of likely N-dealkylation sites (tertiary alicyclic amines) is 1. The largest absolute Gasteiger partial charge is 0.465 e. The molecule has 1 aromatic rings. The molecule has 0 spiro atoms. The quantitative estimate of drug-likeness (QED) is 0.314. The number of piperidine rings is 1. The van der Waals surface area contributed by atoms with E-state index in [0.717, 1.165) is 45.3 Å². The molecule has 208 valence electrons. The third-order valence-corrected chi connectivity index (χ3v) is 7.31. The number of hydrogen-bond donors (Lipinski definition) is 4. The minimum atomic E-state index is -1.14. The smallest absolute Gasteiger partial charge is 0.404 e. The molecule has 3 amide bonds. The number of urea groups is 1. The van der Waals surface area contributed by atoms with Crippen LogP contribution in [0.1, 0.15) is 50.2 Å². The van der Waals surface area contributed by atoms with E-state index in [2.05, 4.69) is 16.0 Å². The van der Waals surface area contributed by atoms with Gasteiger partial charge in [0.25, 0.3) is 0 Å². The van der Waals surface area contributed by atoms with Gasteiger partial charge in [0.15, 0.2) is 0 Å². The van der Waals surface area contributed by atoms with Crippen LogP contribution in [0.3, 0.4) is 0 Å². The highest BCUT2D eigenvalue weighted by Gasteiger charge is 2.32. The lowest BCUT2D eigenvalue weighted by Gasteiger charge is -2.37. The fraction of sp³-hybridized carbons (Fsp3) is 0.692. The summed E-state index contributed by atoms with van der Waals surface area (Å²) in [5.74, 6) is -0.0735. The Labute approximate surface area is 223 Å². The van der Waals surface area contributed by atoms with Crippen molar-refractivity contribution in [1.29, 1.82) is 0 Å². The number of halogens is 2. The van der Waals surface area contributed by atoms with Gasteiger partial charge in [0, 0.05) is 56.4 Å². The molecule has 0 bridgehead atoms. The van der Waals surface area contributed by atoms with E-state index in [4.69, 9.17) is 26.2 Å². The average molecular weight is 543 g/mol. The van der Waals surface area contributed by atoms with E-state index in [1.807, 2.05) is 7.05 Å². The third-order valence-electron chi connectivity index (χ3n) is 7.09. The van der Waals surface area contributed by atoms with Gasteiger partial charge in [-0.25, -0.2) is 14.0 Å². The van der Waals surface area contributed by atoms with Crippen molar-refractivity contribution in [2.24, 2.45) is 11.8 Å². The molecule has 4 N–H and O–H groups in total. The number of likely N-dealkylation sites (N-methyl/N-ethyl adjacent to an activating group) is 1. The monoisotopic (exact) mass is 542 g/mol. The van der Waals surface area contributed by atoms with Crippen LogP contribution >= 0.6 is 11.6 Å². The normalized spacial score (nSPS) is 22.1. The predicted molar refractivity (Wildman–Crippen MR) is 139 cm³/mol.